The van der Waals surface area contributed by atoms with Gasteiger partial charge in [0.25, 0.3) is 0 Å². The van der Waals surface area contributed by atoms with Crippen molar-refractivity contribution in [2.45, 2.75) is 25.3 Å². The molecule has 1 aliphatic heterocycles. The number of para-hydroxylation sites is 1. The molecule has 1 N–H and O–H groups in total. The fourth-order valence-corrected chi connectivity index (χ4v) is 3.84. The Hall–Kier alpha value is -2.95. The first-order chi connectivity index (χ1) is 13.1. The lowest BCUT2D eigenvalue weighted by molar-refractivity contribution is 0.206. The van der Waals surface area contributed by atoms with Crippen LogP contribution in [0, 0.1) is 11.6 Å². The molecule has 4 rings (SSSR count). The lowest BCUT2D eigenvalue weighted by atomic mass is 9.98. The van der Waals surface area contributed by atoms with Crippen molar-refractivity contribution in [3.63, 3.8) is 0 Å². The number of benzene rings is 3. The monoisotopic (exact) mass is 366 g/mol. The predicted molar refractivity (Wildman–Crippen MR) is 103 cm³/mol. The van der Waals surface area contributed by atoms with Gasteiger partial charge in [-0.15, -0.1) is 0 Å². The molecule has 138 valence electrons. The van der Waals surface area contributed by atoms with E-state index in [2.05, 4.69) is 29.6 Å². The minimum absolute atomic E-state index is 0.00522. The van der Waals surface area contributed by atoms with E-state index in [1.807, 2.05) is 18.2 Å². The molecule has 5 heteroatoms. The van der Waals surface area contributed by atoms with E-state index in [4.69, 9.17) is 0 Å². The van der Waals surface area contributed by atoms with E-state index in [1.54, 1.807) is 4.90 Å². The molecule has 0 aliphatic carbocycles. The van der Waals surface area contributed by atoms with Crippen LogP contribution in [0.15, 0.2) is 60.7 Å². The highest BCUT2D eigenvalue weighted by Gasteiger charge is 2.30. The zero-order chi connectivity index (χ0) is 18.8. The minimum atomic E-state index is -0.770. The van der Waals surface area contributed by atoms with Crippen molar-refractivity contribution < 1.29 is 13.6 Å². The molecule has 27 heavy (non-hydrogen) atoms. The first-order valence-electron chi connectivity index (χ1n) is 9.12. The lowest BCUT2D eigenvalue weighted by Gasteiger charge is -2.25. The highest BCUT2D eigenvalue weighted by molar-refractivity contribution is 5.90. The van der Waals surface area contributed by atoms with Crippen LogP contribution in [0.4, 0.5) is 19.3 Å². The quantitative estimate of drug-likeness (QED) is 0.665. The number of anilines is 1. The van der Waals surface area contributed by atoms with E-state index in [1.165, 1.54) is 17.0 Å². The van der Waals surface area contributed by atoms with Gasteiger partial charge < -0.3 is 10.2 Å². The fraction of sp³-hybridized carbons (Fsp3) is 0.227. The highest BCUT2D eigenvalue weighted by atomic mass is 19.1. The van der Waals surface area contributed by atoms with Crippen molar-refractivity contribution in [1.29, 1.82) is 0 Å². The van der Waals surface area contributed by atoms with Crippen LogP contribution in [-0.2, 0) is 6.42 Å². The number of halogens is 2. The molecule has 0 aromatic heterocycles. The van der Waals surface area contributed by atoms with Gasteiger partial charge >= 0.3 is 6.03 Å². The van der Waals surface area contributed by atoms with Gasteiger partial charge in [0, 0.05) is 12.6 Å². The maximum absolute atomic E-state index is 13.8. The summed E-state index contributed by atoms with van der Waals surface area (Å²) >= 11 is 0. The molecule has 0 bridgehead atoms. The number of nitrogens with zero attached hydrogens (tertiary/aromatic N) is 1. The summed E-state index contributed by atoms with van der Waals surface area (Å²) in [6.07, 6.45) is 2.47. The fourth-order valence-electron chi connectivity index (χ4n) is 3.84. The van der Waals surface area contributed by atoms with E-state index in [-0.39, 0.29) is 6.04 Å². The Labute approximate surface area is 156 Å². The molecule has 1 aliphatic rings. The molecule has 1 fully saturated rings. The van der Waals surface area contributed by atoms with Crippen LogP contribution in [-0.4, -0.2) is 23.5 Å². The van der Waals surface area contributed by atoms with Gasteiger partial charge in [-0.2, -0.15) is 0 Å². The van der Waals surface area contributed by atoms with E-state index in [0.29, 0.717) is 13.0 Å². The predicted octanol–water partition coefficient (Wildman–Crippen LogP) is 5.36. The summed E-state index contributed by atoms with van der Waals surface area (Å²) in [5.74, 6) is -1.54. The lowest BCUT2D eigenvalue weighted by Crippen LogP contribution is -2.40. The number of likely N-dealkylation sites (tertiary alicyclic amines) is 1. The Kier molecular flexibility index (Phi) is 4.75. The third kappa shape index (κ3) is 3.50. The van der Waals surface area contributed by atoms with Gasteiger partial charge in [-0.3, -0.25) is 0 Å². The highest BCUT2D eigenvalue weighted by Crippen LogP contribution is 2.27. The number of carbonyl (C=O) groups is 1. The third-order valence-corrected chi connectivity index (χ3v) is 5.17. The average Bonchev–Trinajstić information content (AvgIpc) is 3.13. The summed E-state index contributed by atoms with van der Waals surface area (Å²) in [5, 5.41) is 4.75. The Bertz CT molecular complexity index is 963. The zero-order valence-electron chi connectivity index (χ0n) is 14.8. The first kappa shape index (κ1) is 17.5. The van der Waals surface area contributed by atoms with Crippen molar-refractivity contribution in [3.05, 3.63) is 77.9 Å². The number of hydrogen-bond acceptors (Lipinski definition) is 1. The summed E-state index contributed by atoms with van der Waals surface area (Å²) in [6.45, 7) is 0.581. The van der Waals surface area contributed by atoms with Crippen LogP contribution in [0.25, 0.3) is 10.8 Å². The zero-order valence-corrected chi connectivity index (χ0v) is 14.8. The second-order valence-electron chi connectivity index (χ2n) is 6.86. The first-order valence-corrected chi connectivity index (χ1v) is 9.12. The van der Waals surface area contributed by atoms with Crippen LogP contribution >= 0.6 is 0 Å². The molecule has 1 saturated heterocycles. The molecular weight excluding hydrogens is 346 g/mol. The number of fused-ring (bicyclic) bond motifs is 1. The Morgan fingerprint density at radius 1 is 1.00 bits per heavy atom. The van der Waals surface area contributed by atoms with Crippen LogP contribution in [0.2, 0.25) is 0 Å². The van der Waals surface area contributed by atoms with Gasteiger partial charge in [0.05, 0.1) is 0 Å². The van der Waals surface area contributed by atoms with Crippen LogP contribution in [0.5, 0.6) is 0 Å². The Morgan fingerprint density at radius 2 is 1.70 bits per heavy atom. The standard InChI is InChI=1S/C22H20F2N2O/c23-19-11-4-12-20(24)21(19)25-22(27)26-13-5-9-17(26)14-16-8-3-7-15-6-1-2-10-18(15)16/h1-4,6-8,10-12,17H,5,9,13-14H2,(H,25,27). The molecule has 0 spiro atoms. The number of urea groups is 1. The number of rotatable bonds is 3. The third-order valence-electron chi connectivity index (χ3n) is 5.17. The topological polar surface area (TPSA) is 32.3 Å². The normalized spacial score (nSPS) is 16.7. The van der Waals surface area contributed by atoms with Crippen molar-refractivity contribution in [1.82, 2.24) is 4.90 Å². The van der Waals surface area contributed by atoms with Crippen molar-refractivity contribution in [2.75, 3.05) is 11.9 Å². The second-order valence-corrected chi connectivity index (χ2v) is 6.86. The van der Waals surface area contributed by atoms with Gasteiger partial charge in [0.1, 0.15) is 17.3 Å². The smallest absolute Gasteiger partial charge is 0.321 e. The van der Waals surface area contributed by atoms with Crippen LogP contribution < -0.4 is 5.32 Å². The number of nitrogens with one attached hydrogen (secondary N) is 1. The second kappa shape index (κ2) is 7.35. The minimum Gasteiger partial charge on any atom is -0.321 e. The molecule has 3 aromatic rings. The summed E-state index contributed by atoms with van der Waals surface area (Å²) in [5.41, 5.74) is 0.785. The van der Waals surface area contributed by atoms with Crippen LogP contribution in [0.3, 0.4) is 0 Å². The van der Waals surface area contributed by atoms with Gasteiger partial charge in [-0.25, -0.2) is 13.6 Å². The Morgan fingerprint density at radius 3 is 2.52 bits per heavy atom. The molecule has 3 nitrogen and oxygen atoms in total. The van der Waals surface area contributed by atoms with Crippen molar-refractivity contribution in [2.24, 2.45) is 0 Å². The molecule has 1 atom stereocenters. The summed E-state index contributed by atoms with van der Waals surface area (Å²) in [7, 11) is 0. The molecule has 2 amide bonds. The average molecular weight is 366 g/mol. The van der Waals surface area contributed by atoms with Gasteiger partial charge in [-0.1, -0.05) is 48.5 Å². The maximum atomic E-state index is 13.8. The molecule has 1 unspecified atom stereocenters. The van der Waals surface area contributed by atoms with Crippen molar-refractivity contribution in [3.8, 4) is 0 Å². The van der Waals surface area contributed by atoms with E-state index in [9.17, 15) is 13.6 Å². The molecule has 3 aromatic carbocycles. The number of hydrogen-bond donors (Lipinski definition) is 1. The largest absolute Gasteiger partial charge is 0.322 e. The van der Waals surface area contributed by atoms with Crippen molar-refractivity contribution >= 4 is 22.5 Å². The maximum Gasteiger partial charge on any atom is 0.322 e. The van der Waals surface area contributed by atoms with Gasteiger partial charge in [-0.05, 0) is 47.7 Å². The summed E-state index contributed by atoms with van der Waals surface area (Å²) in [4.78, 5) is 14.4. The molecule has 1 heterocycles. The molecular formula is C22H20F2N2O. The van der Waals surface area contributed by atoms with Gasteiger partial charge in [0.15, 0.2) is 0 Å². The number of carbonyl (C=O) groups excluding carboxylic acids is 1. The number of amides is 2. The molecule has 0 saturated carbocycles. The van der Waals surface area contributed by atoms with Gasteiger partial charge in [0.2, 0.25) is 0 Å². The van der Waals surface area contributed by atoms with E-state index >= 15 is 0 Å². The summed E-state index contributed by atoms with van der Waals surface area (Å²) < 4.78 is 27.7. The Balaban J connectivity index is 1.54. The summed E-state index contributed by atoms with van der Waals surface area (Å²) in [6, 6.07) is 17.4. The molecule has 0 radical (unpaired) electrons. The van der Waals surface area contributed by atoms with E-state index in [0.717, 1.165) is 30.4 Å². The van der Waals surface area contributed by atoms with E-state index < -0.39 is 23.4 Å². The SMILES string of the molecule is O=C(Nc1c(F)cccc1F)N1CCCC1Cc1cccc2ccccc12. The van der Waals surface area contributed by atoms with Crippen LogP contribution in [0.1, 0.15) is 18.4 Å².